The molecular formula is C29H43N3O7S. The van der Waals surface area contributed by atoms with Gasteiger partial charge in [0.15, 0.2) is 0 Å². The molecule has 2 heterocycles. The molecule has 8 rings (SSSR count). The fraction of sp³-hybridized carbons (Fsp3) is 0.759. The van der Waals surface area contributed by atoms with Crippen molar-refractivity contribution >= 4 is 16.1 Å². The molecule has 7 aliphatic rings. The van der Waals surface area contributed by atoms with Crippen LogP contribution in [0.2, 0.25) is 0 Å². The van der Waals surface area contributed by atoms with Crippen molar-refractivity contribution in [1.82, 2.24) is 15.5 Å². The molecule has 1 aromatic rings. The van der Waals surface area contributed by atoms with Gasteiger partial charge in [-0.3, -0.25) is 4.55 Å². The highest BCUT2D eigenvalue weighted by Gasteiger charge is 2.66. The zero-order valence-corrected chi connectivity index (χ0v) is 24.2. The van der Waals surface area contributed by atoms with Crippen LogP contribution in [0.25, 0.3) is 0 Å². The van der Waals surface area contributed by atoms with Crippen LogP contribution in [0, 0.1) is 36.5 Å². The molecule has 1 aromatic carbocycles. The molecule has 40 heavy (non-hydrogen) atoms. The van der Waals surface area contributed by atoms with Crippen molar-refractivity contribution in [2.45, 2.75) is 81.2 Å². The number of nitrogens with zero attached hydrogens (tertiary/aromatic N) is 1. The van der Waals surface area contributed by atoms with E-state index in [1.165, 1.54) is 44.2 Å². The van der Waals surface area contributed by atoms with Crippen molar-refractivity contribution in [3.8, 4) is 0 Å². The Labute approximate surface area is 237 Å². The normalized spacial score (nSPS) is 38.4. The molecular weight excluding hydrogens is 534 g/mol. The molecule has 5 aliphatic carbocycles. The van der Waals surface area contributed by atoms with Crippen molar-refractivity contribution in [2.75, 3.05) is 32.7 Å². The highest BCUT2D eigenvalue weighted by molar-refractivity contribution is 7.85. The van der Waals surface area contributed by atoms with Gasteiger partial charge in [0.2, 0.25) is 11.6 Å². The number of benzene rings is 1. The van der Waals surface area contributed by atoms with Gasteiger partial charge in [-0.05, 0) is 81.8 Å². The van der Waals surface area contributed by atoms with Gasteiger partial charge in [-0.25, -0.2) is 4.79 Å². The fourth-order valence-electron chi connectivity index (χ4n) is 8.04. The molecule has 2 aliphatic heterocycles. The highest BCUT2D eigenvalue weighted by Crippen LogP contribution is 2.63. The summed E-state index contributed by atoms with van der Waals surface area (Å²) in [4.78, 5) is 26.3. The van der Waals surface area contributed by atoms with Gasteiger partial charge >= 0.3 is 6.03 Å². The molecule has 7 fully saturated rings. The zero-order chi connectivity index (χ0) is 28.0. The van der Waals surface area contributed by atoms with Crippen molar-refractivity contribution in [3.63, 3.8) is 0 Å². The SMILES string of the molecule is Cc1ccc(S(=O)(=O)O)cc1.O=C(NCC1CCC2(CC1)OOC1(O2)C2CC3CC(C2)CC1C3)N1CCNCC1. The van der Waals surface area contributed by atoms with Crippen LogP contribution in [0.4, 0.5) is 4.79 Å². The molecule has 0 aromatic heterocycles. The van der Waals surface area contributed by atoms with Crippen LogP contribution >= 0.6 is 0 Å². The van der Waals surface area contributed by atoms with E-state index in [2.05, 4.69) is 10.6 Å². The predicted molar refractivity (Wildman–Crippen MR) is 147 cm³/mol. The van der Waals surface area contributed by atoms with Gasteiger partial charge in [-0.1, -0.05) is 17.7 Å². The lowest BCUT2D eigenvalue weighted by Crippen LogP contribution is -2.59. The first-order valence-electron chi connectivity index (χ1n) is 15.0. The molecule has 3 N–H and O–H groups in total. The summed E-state index contributed by atoms with van der Waals surface area (Å²) in [6.07, 6.45) is 10.2. The maximum absolute atomic E-state index is 12.4. The summed E-state index contributed by atoms with van der Waals surface area (Å²) in [5, 5.41) is 6.43. The number of amides is 2. The zero-order valence-electron chi connectivity index (χ0n) is 23.3. The first-order chi connectivity index (χ1) is 19.1. The number of carbonyl (C=O) groups is 1. The molecule has 0 atom stereocenters. The number of nitrogens with one attached hydrogen (secondary N) is 2. The molecule has 5 saturated carbocycles. The summed E-state index contributed by atoms with van der Waals surface area (Å²) < 4.78 is 36.3. The lowest BCUT2D eigenvalue weighted by molar-refractivity contribution is -0.390. The van der Waals surface area contributed by atoms with Crippen molar-refractivity contribution in [2.24, 2.45) is 29.6 Å². The highest BCUT2D eigenvalue weighted by atomic mass is 32.2. The van der Waals surface area contributed by atoms with Crippen LogP contribution in [0.3, 0.4) is 0 Å². The van der Waals surface area contributed by atoms with Gasteiger partial charge in [-0.15, -0.1) is 0 Å². The van der Waals surface area contributed by atoms with Gasteiger partial charge in [0.1, 0.15) is 0 Å². The number of rotatable bonds is 3. The minimum absolute atomic E-state index is 0.0666. The van der Waals surface area contributed by atoms with E-state index in [9.17, 15) is 13.2 Å². The van der Waals surface area contributed by atoms with E-state index >= 15 is 0 Å². The summed E-state index contributed by atoms with van der Waals surface area (Å²) in [5.74, 6) is 2.31. The van der Waals surface area contributed by atoms with Gasteiger partial charge in [-0.2, -0.15) is 18.2 Å². The van der Waals surface area contributed by atoms with Crippen LogP contribution in [0.5, 0.6) is 0 Å². The van der Waals surface area contributed by atoms with E-state index in [1.54, 1.807) is 12.1 Å². The quantitative estimate of drug-likeness (QED) is 0.365. The second kappa shape index (κ2) is 11.1. The van der Waals surface area contributed by atoms with Crippen molar-refractivity contribution in [3.05, 3.63) is 29.8 Å². The number of hydrogen-bond acceptors (Lipinski definition) is 7. The van der Waals surface area contributed by atoms with Crippen molar-refractivity contribution < 1.29 is 32.3 Å². The van der Waals surface area contributed by atoms with Gasteiger partial charge in [0, 0.05) is 57.4 Å². The Kier molecular flexibility index (Phi) is 7.90. The smallest absolute Gasteiger partial charge is 0.317 e. The number of ether oxygens (including phenoxy) is 1. The van der Waals surface area contributed by atoms with Crippen LogP contribution in [-0.2, 0) is 24.6 Å². The molecule has 11 heteroatoms. The summed E-state index contributed by atoms with van der Waals surface area (Å²) in [7, 11) is -4.02. The molecule has 2 saturated heterocycles. The Hall–Kier alpha value is -1.76. The lowest BCUT2D eigenvalue weighted by atomic mass is 9.53. The third-order valence-electron chi connectivity index (χ3n) is 10.1. The van der Waals surface area contributed by atoms with Crippen molar-refractivity contribution in [1.29, 1.82) is 0 Å². The summed E-state index contributed by atoms with van der Waals surface area (Å²) in [6, 6.07) is 6.07. The lowest BCUT2D eigenvalue weighted by Gasteiger charge is -2.57. The monoisotopic (exact) mass is 577 g/mol. The standard InChI is InChI=1S/C22H35N3O4.C7H8O3S/c26-20(25-7-5-23-6-8-25)24-14-15-1-3-21(4-2-15)27-22(29-28-21)18-10-16-9-17(12-18)13-19(22)11-16;1-6-2-4-7(5-3-6)11(8,9)10/h15-19,23H,1-14H2,(H,24,26);2-5H,1H3,(H,8,9,10). The first-order valence-corrected chi connectivity index (χ1v) is 16.4. The Morgan fingerprint density at radius 3 is 2.17 bits per heavy atom. The van der Waals surface area contributed by atoms with E-state index in [1.807, 2.05) is 11.8 Å². The van der Waals surface area contributed by atoms with Gasteiger partial charge in [0.25, 0.3) is 10.1 Å². The number of hydrogen-bond donors (Lipinski definition) is 3. The molecule has 2 amide bonds. The number of aryl methyl sites for hydroxylation is 1. The second-order valence-electron chi connectivity index (χ2n) is 12.9. The fourth-order valence-corrected chi connectivity index (χ4v) is 8.52. The van der Waals surface area contributed by atoms with Crippen LogP contribution in [-0.4, -0.2) is 68.2 Å². The third-order valence-corrected chi connectivity index (χ3v) is 10.9. The van der Waals surface area contributed by atoms with Gasteiger partial charge < -0.3 is 20.3 Å². The van der Waals surface area contributed by atoms with Crippen LogP contribution in [0.1, 0.15) is 63.4 Å². The van der Waals surface area contributed by atoms with E-state index in [4.69, 9.17) is 19.1 Å². The van der Waals surface area contributed by atoms with E-state index in [0.29, 0.717) is 17.8 Å². The average molecular weight is 578 g/mol. The first kappa shape index (κ1) is 28.4. The average Bonchev–Trinajstić information content (AvgIpc) is 3.31. The predicted octanol–water partition coefficient (Wildman–Crippen LogP) is 3.86. The van der Waals surface area contributed by atoms with E-state index in [0.717, 1.165) is 75.8 Å². The van der Waals surface area contributed by atoms with Gasteiger partial charge in [0.05, 0.1) is 4.90 Å². The summed E-state index contributed by atoms with van der Waals surface area (Å²) in [6.45, 7) is 5.96. The summed E-state index contributed by atoms with van der Waals surface area (Å²) >= 11 is 0. The maximum atomic E-state index is 12.4. The second-order valence-corrected chi connectivity index (χ2v) is 14.3. The molecule has 2 spiro atoms. The van der Waals surface area contributed by atoms with Crippen LogP contribution < -0.4 is 10.6 Å². The minimum atomic E-state index is -4.02. The molecule has 222 valence electrons. The number of urea groups is 1. The number of piperazine rings is 1. The largest absolute Gasteiger partial charge is 0.338 e. The molecule has 10 nitrogen and oxygen atoms in total. The number of carbonyl (C=O) groups excluding carboxylic acids is 1. The Morgan fingerprint density at radius 1 is 1.00 bits per heavy atom. The molecule has 0 unspecified atom stereocenters. The van der Waals surface area contributed by atoms with E-state index in [-0.39, 0.29) is 10.9 Å². The third kappa shape index (κ3) is 5.78. The topological polar surface area (TPSA) is 126 Å². The molecule has 4 bridgehead atoms. The Morgan fingerprint density at radius 2 is 1.60 bits per heavy atom. The van der Waals surface area contributed by atoms with E-state index < -0.39 is 21.7 Å². The maximum Gasteiger partial charge on any atom is 0.317 e. The summed E-state index contributed by atoms with van der Waals surface area (Å²) in [5.41, 5.74) is 0.956. The minimum Gasteiger partial charge on any atom is -0.338 e. The van der Waals surface area contributed by atoms with Crippen LogP contribution in [0.15, 0.2) is 29.2 Å². The Bertz CT molecular complexity index is 1130. The Balaban J connectivity index is 0.000000223. The molecule has 0 radical (unpaired) electrons.